The Labute approximate surface area is 105 Å². The van der Waals surface area contributed by atoms with Crippen molar-refractivity contribution in [2.24, 2.45) is 5.73 Å². The van der Waals surface area contributed by atoms with Gasteiger partial charge in [0.05, 0.1) is 7.11 Å². The summed E-state index contributed by atoms with van der Waals surface area (Å²) < 4.78 is 5.50. The van der Waals surface area contributed by atoms with Crippen LogP contribution >= 0.6 is 0 Å². The van der Waals surface area contributed by atoms with Crippen LogP contribution in [0, 0.1) is 13.8 Å². The number of unbranched alkanes of at least 4 members (excludes halogenated alkanes) is 2. The molecule has 0 heterocycles. The fourth-order valence-corrected chi connectivity index (χ4v) is 2.14. The Bertz CT molecular complexity index is 360. The number of rotatable bonds is 6. The first-order chi connectivity index (χ1) is 8.11. The van der Waals surface area contributed by atoms with E-state index in [1.807, 2.05) is 0 Å². The van der Waals surface area contributed by atoms with Crippen LogP contribution in [0.2, 0.25) is 0 Å². The van der Waals surface area contributed by atoms with E-state index >= 15 is 0 Å². The third kappa shape index (κ3) is 3.47. The lowest BCUT2D eigenvalue weighted by molar-refractivity contribution is 0.399. The Morgan fingerprint density at radius 2 is 1.94 bits per heavy atom. The number of nitrogens with two attached hydrogens (primary N) is 1. The molecule has 0 spiro atoms. The second-order valence-corrected chi connectivity index (χ2v) is 4.73. The molecule has 2 nitrogen and oxygen atoms in total. The van der Waals surface area contributed by atoms with Crippen LogP contribution in [-0.4, -0.2) is 7.11 Å². The predicted octanol–water partition coefficient (Wildman–Crippen LogP) is 3.89. The van der Waals surface area contributed by atoms with Gasteiger partial charge in [-0.15, -0.1) is 0 Å². The SMILES string of the molecule is CCCCCC(N)c1ccc(C)c(C)c1OC. The van der Waals surface area contributed by atoms with E-state index in [1.165, 1.54) is 30.4 Å². The lowest BCUT2D eigenvalue weighted by Crippen LogP contribution is -2.12. The molecule has 0 fully saturated rings. The average molecular weight is 235 g/mol. The van der Waals surface area contributed by atoms with E-state index in [1.54, 1.807) is 7.11 Å². The highest BCUT2D eigenvalue weighted by molar-refractivity contribution is 5.46. The van der Waals surface area contributed by atoms with Gasteiger partial charge in [-0.2, -0.15) is 0 Å². The molecule has 0 bridgehead atoms. The summed E-state index contributed by atoms with van der Waals surface area (Å²) in [5, 5.41) is 0. The van der Waals surface area contributed by atoms with E-state index in [0.717, 1.165) is 17.7 Å². The monoisotopic (exact) mass is 235 g/mol. The molecule has 0 aliphatic rings. The van der Waals surface area contributed by atoms with Crippen molar-refractivity contribution >= 4 is 0 Å². The number of methoxy groups -OCH3 is 1. The molecule has 1 unspecified atom stereocenters. The highest BCUT2D eigenvalue weighted by Gasteiger charge is 2.14. The van der Waals surface area contributed by atoms with Gasteiger partial charge in [-0.1, -0.05) is 38.3 Å². The van der Waals surface area contributed by atoms with Crippen LogP contribution < -0.4 is 10.5 Å². The molecule has 96 valence electrons. The molecule has 1 rings (SSSR count). The summed E-state index contributed by atoms with van der Waals surface area (Å²) in [6, 6.07) is 4.33. The second kappa shape index (κ2) is 6.65. The van der Waals surface area contributed by atoms with Gasteiger partial charge in [0.2, 0.25) is 0 Å². The van der Waals surface area contributed by atoms with Crippen LogP contribution in [0.15, 0.2) is 12.1 Å². The van der Waals surface area contributed by atoms with Crippen molar-refractivity contribution in [2.75, 3.05) is 7.11 Å². The molecule has 0 aromatic heterocycles. The van der Waals surface area contributed by atoms with Crippen LogP contribution in [-0.2, 0) is 0 Å². The number of ether oxygens (including phenoxy) is 1. The Hall–Kier alpha value is -1.02. The van der Waals surface area contributed by atoms with Crippen molar-refractivity contribution in [1.82, 2.24) is 0 Å². The standard InChI is InChI=1S/C15H25NO/c1-5-6-7-8-14(16)13-10-9-11(2)12(3)15(13)17-4/h9-10,14H,5-8,16H2,1-4H3. The maximum absolute atomic E-state index is 6.25. The van der Waals surface area contributed by atoms with Gasteiger partial charge in [-0.3, -0.25) is 0 Å². The van der Waals surface area contributed by atoms with E-state index in [-0.39, 0.29) is 6.04 Å². The molecule has 2 N–H and O–H groups in total. The van der Waals surface area contributed by atoms with Crippen LogP contribution in [0.3, 0.4) is 0 Å². The average Bonchev–Trinajstić information content (AvgIpc) is 2.32. The zero-order chi connectivity index (χ0) is 12.8. The van der Waals surface area contributed by atoms with Crippen LogP contribution in [0.1, 0.15) is 55.3 Å². The normalized spacial score (nSPS) is 12.5. The highest BCUT2D eigenvalue weighted by Crippen LogP contribution is 2.31. The summed E-state index contributed by atoms with van der Waals surface area (Å²) in [6.07, 6.45) is 4.71. The molecule has 0 radical (unpaired) electrons. The minimum absolute atomic E-state index is 0.0933. The highest BCUT2D eigenvalue weighted by atomic mass is 16.5. The maximum Gasteiger partial charge on any atom is 0.126 e. The van der Waals surface area contributed by atoms with Crippen molar-refractivity contribution in [2.45, 2.75) is 52.5 Å². The first kappa shape index (κ1) is 14.0. The molecule has 0 amide bonds. The Balaban J connectivity index is 2.85. The van der Waals surface area contributed by atoms with Gasteiger partial charge >= 0.3 is 0 Å². The van der Waals surface area contributed by atoms with Crippen LogP contribution in [0.4, 0.5) is 0 Å². The summed E-state index contributed by atoms with van der Waals surface area (Å²) in [4.78, 5) is 0. The summed E-state index contributed by atoms with van der Waals surface area (Å²) in [5.74, 6) is 0.967. The Morgan fingerprint density at radius 1 is 1.24 bits per heavy atom. The van der Waals surface area contributed by atoms with E-state index in [0.29, 0.717) is 0 Å². The van der Waals surface area contributed by atoms with Crippen molar-refractivity contribution in [3.63, 3.8) is 0 Å². The van der Waals surface area contributed by atoms with Crippen molar-refractivity contribution < 1.29 is 4.74 Å². The Kier molecular flexibility index (Phi) is 5.49. The van der Waals surface area contributed by atoms with E-state index in [9.17, 15) is 0 Å². The summed E-state index contributed by atoms with van der Waals surface area (Å²) in [7, 11) is 1.73. The van der Waals surface area contributed by atoms with Gasteiger partial charge in [0.15, 0.2) is 0 Å². The third-order valence-corrected chi connectivity index (χ3v) is 3.43. The third-order valence-electron chi connectivity index (χ3n) is 3.43. The molecule has 0 saturated heterocycles. The first-order valence-electron chi connectivity index (χ1n) is 6.51. The molecule has 2 heteroatoms. The molecule has 1 aromatic rings. The summed E-state index contributed by atoms with van der Waals surface area (Å²) in [6.45, 7) is 6.41. The van der Waals surface area contributed by atoms with Crippen molar-refractivity contribution in [3.8, 4) is 5.75 Å². The molecular formula is C15H25NO. The number of hydrogen-bond acceptors (Lipinski definition) is 2. The van der Waals surface area contributed by atoms with E-state index < -0.39 is 0 Å². The lowest BCUT2D eigenvalue weighted by Gasteiger charge is -2.18. The van der Waals surface area contributed by atoms with Gasteiger partial charge in [-0.25, -0.2) is 0 Å². The van der Waals surface area contributed by atoms with Gasteiger partial charge in [0, 0.05) is 11.6 Å². The van der Waals surface area contributed by atoms with Gasteiger partial charge in [0.1, 0.15) is 5.75 Å². The molecule has 0 saturated carbocycles. The smallest absolute Gasteiger partial charge is 0.126 e. The maximum atomic E-state index is 6.25. The largest absolute Gasteiger partial charge is 0.496 e. The first-order valence-corrected chi connectivity index (χ1v) is 6.51. The number of hydrogen-bond donors (Lipinski definition) is 1. The minimum atomic E-state index is 0.0933. The molecule has 1 atom stereocenters. The molecule has 0 aliphatic carbocycles. The topological polar surface area (TPSA) is 35.2 Å². The molecule has 17 heavy (non-hydrogen) atoms. The van der Waals surface area contributed by atoms with Gasteiger partial charge in [0.25, 0.3) is 0 Å². The number of aryl methyl sites for hydroxylation is 1. The minimum Gasteiger partial charge on any atom is -0.496 e. The molecular weight excluding hydrogens is 210 g/mol. The van der Waals surface area contributed by atoms with E-state index in [4.69, 9.17) is 10.5 Å². The quantitative estimate of drug-likeness (QED) is 0.759. The van der Waals surface area contributed by atoms with Crippen molar-refractivity contribution in [3.05, 3.63) is 28.8 Å². The van der Waals surface area contributed by atoms with Gasteiger partial charge in [-0.05, 0) is 31.4 Å². The van der Waals surface area contributed by atoms with Crippen LogP contribution in [0.5, 0.6) is 5.75 Å². The van der Waals surface area contributed by atoms with Crippen LogP contribution in [0.25, 0.3) is 0 Å². The fourth-order valence-electron chi connectivity index (χ4n) is 2.14. The number of benzene rings is 1. The zero-order valence-corrected chi connectivity index (χ0v) is 11.5. The predicted molar refractivity (Wildman–Crippen MR) is 73.5 cm³/mol. The fraction of sp³-hybridized carbons (Fsp3) is 0.600. The lowest BCUT2D eigenvalue weighted by atomic mass is 9.96. The zero-order valence-electron chi connectivity index (χ0n) is 11.5. The van der Waals surface area contributed by atoms with Crippen molar-refractivity contribution in [1.29, 1.82) is 0 Å². The summed E-state index contributed by atoms with van der Waals surface area (Å²) in [5.41, 5.74) is 9.86. The molecule has 0 aliphatic heterocycles. The second-order valence-electron chi connectivity index (χ2n) is 4.73. The van der Waals surface area contributed by atoms with E-state index in [2.05, 4.69) is 32.9 Å². The molecule has 1 aromatic carbocycles. The summed E-state index contributed by atoms with van der Waals surface area (Å²) >= 11 is 0. The Morgan fingerprint density at radius 3 is 2.53 bits per heavy atom. The van der Waals surface area contributed by atoms with Gasteiger partial charge < -0.3 is 10.5 Å².